The summed E-state index contributed by atoms with van der Waals surface area (Å²) in [7, 11) is 0. The van der Waals surface area contributed by atoms with Crippen LogP contribution in [0.5, 0.6) is 0 Å². The molecule has 0 nitrogen and oxygen atoms in total. The molecule has 0 heterocycles. The molecule has 0 aliphatic carbocycles. The summed E-state index contributed by atoms with van der Waals surface area (Å²) in [6.45, 7) is 0. The largest absolute Gasteiger partial charge is 0.0622 e. The van der Waals surface area contributed by atoms with Crippen molar-refractivity contribution in [3.63, 3.8) is 0 Å². The van der Waals surface area contributed by atoms with Crippen molar-refractivity contribution in [1.82, 2.24) is 0 Å². The quantitative estimate of drug-likeness (QED) is 0.192. The first-order chi connectivity index (χ1) is 16.8. The summed E-state index contributed by atoms with van der Waals surface area (Å²) in [5.74, 6) is 0. The normalized spacial score (nSPS) is 11.9. The van der Waals surface area contributed by atoms with Crippen molar-refractivity contribution in [2.45, 2.75) is 0 Å². The molecule has 0 radical (unpaired) electrons. The summed E-state index contributed by atoms with van der Waals surface area (Å²) in [5.41, 5.74) is 4.84. The van der Waals surface area contributed by atoms with Crippen molar-refractivity contribution in [3.8, 4) is 0 Å². The molecule has 6 rings (SSSR count). The minimum Gasteiger partial charge on any atom is -0.0622 e. The van der Waals surface area contributed by atoms with Gasteiger partial charge in [-0.2, -0.15) is 0 Å². The van der Waals surface area contributed by atoms with Crippen LogP contribution in [0.15, 0.2) is 121 Å². The molecule has 0 aromatic heterocycles. The smallest absolute Gasteiger partial charge is 0.00930 e. The molecule has 0 fully saturated rings. The molecule has 6 aromatic carbocycles. The van der Waals surface area contributed by atoms with Crippen LogP contribution in [0.2, 0.25) is 0 Å². The molecule has 0 aliphatic heterocycles. The van der Waals surface area contributed by atoms with E-state index in [1.165, 1.54) is 54.6 Å². The van der Waals surface area contributed by atoms with Crippen LogP contribution in [0.25, 0.3) is 56.6 Å². The van der Waals surface area contributed by atoms with Crippen LogP contribution in [-0.4, -0.2) is 0 Å². The maximum Gasteiger partial charge on any atom is -0.00930 e. The van der Waals surface area contributed by atoms with E-state index in [2.05, 4.69) is 133 Å². The van der Waals surface area contributed by atoms with E-state index in [1.807, 2.05) is 12.1 Å². The van der Waals surface area contributed by atoms with Crippen molar-refractivity contribution >= 4 is 56.6 Å². The third-order valence-electron chi connectivity index (χ3n) is 6.42. The number of fused-ring (bicyclic) bond motifs is 6. The highest BCUT2D eigenvalue weighted by Crippen LogP contribution is 2.36. The Morgan fingerprint density at radius 3 is 1.06 bits per heavy atom. The summed E-state index contributed by atoms with van der Waals surface area (Å²) in [4.78, 5) is 0. The molecule has 0 saturated heterocycles. The van der Waals surface area contributed by atoms with Crippen LogP contribution in [0.3, 0.4) is 0 Å². The zero-order valence-electron chi connectivity index (χ0n) is 18.9. The van der Waals surface area contributed by atoms with E-state index in [9.17, 15) is 0 Å². The molecule has 0 amide bonds. The van der Waals surface area contributed by atoms with Crippen molar-refractivity contribution in [1.29, 1.82) is 0 Å². The van der Waals surface area contributed by atoms with Crippen molar-refractivity contribution in [3.05, 3.63) is 144 Å². The average molecular weight is 433 g/mol. The fraction of sp³-hybridized carbons (Fsp3) is 0. The Bertz CT molecular complexity index is 1520. The van der Waals surface area contributed by atoms with E-state index in [0.717, 1.165) is 0 Å². The average Bonchev–Trinajstić information content (AvgIpc) is 2.92. The highest BCUT2D eigenvalue weighted by atomic mass is 14.1. The molecular weight excluding hydrogens is 408 g/mol. The highest BCUT2D eigenvalue weighted by Gasteiger charge is 2.09. The molecule has 0 aliphatic rings. The zero-order chi connectivity index (χ0) is 22.7. The van der Waals surface area contributed by atoms with Crippen LogP contribution in [0.4, 0.5) is 0 Å². The SMILES string of the molecule is C(=C\c1ccc2c3ccc(/C=C/c4ccccc4)cc3c3ccccc3c2c1)/c1ccccc1. The first kappa shape index (κ1) is 20.2. The summed E-state index contributed by atoms with van der Waals surface area (Å²) in [6, 6.07) is 43.3. The molecule has 0 atom stereocenters. The Morgan fingerprint density at radius 2 is 0.618 bits per heavy atom. The van der Waals surface area contributed by atoms with E-state index >= 15 is 0 Å². The second kappa shape index (κ2) is 8.84. The lowest BCUT2D eigenvalue weighted by Gasteiger charge is -2.12. The van der Waals surface area contributed by atoms with Crippen LogP contribution in [-0.2, 0) is 0 Å². The molecule has 0 spiro atoms. The predicted octanol–water partition coefficient (Wildman–Crippen LogP) is 9.49. The fourth-order valence-corrected chi connectivity index (χ4v) is 4.71. The molecule has 34 heavy (non-hydrogen) atoms. The molecule has 0 bridgehead atoms. The molecule has 0 heteroatoms. The Morgan fingerprint density at radius 1 is 0.265 bits per heavy atom. The summed E-state index contributed by atoms with van der Waals surface area (Å²) in [6.07, 6.45) is 8.75. The van der Waals surface area contributed by atoms with E-state index in [4.69, 9.17) is 0 Å². The van der Waals surface area contributed by atoms with Gasteiger partial charge in [-0.15, -0.1) is 0 Å². The van der Waals surface area contributed by atoms with Crippen molar-refractivity contribution in [2.75, 3.05) is 0 Å². The third-order valence-corrected chi connectivity index (χ3v) is 6.42. The van der Waals surface area contributed by atoms with Gasteiger partial charge in [0.25, 0.3) is 0 Å². The Hall–Kier alpha value is -4.42. The minimum atomic E-state index is 1.21. The van der Waals surface area contributed by atoms with Gasteiger partial charge in [-0.1, -0.05) is 133 Å². The number of hydrogen-bond acceptors (Lipinski definition) is 0. The minimum absolute atomic E-state index is 1.21. The molecule has 6 aromatic rings. The van der Waals surface area contributed by atoms with E-state index < -0.39 is 0 Å². The van der Waals surface area contributed by atoms with Crippen LogP contribution in [0, 0.1) is 0 Å². The van der Waals surface area contributed by atoms with Crippen LogP contribution in [0.1, 0.15) is 22.3 Å². The monoisotopic (exact) mass is 432 g/mol. The topological polar surface area (TPSA) is 0 Å². The summed E-state index contributed by atoms with van der Waals surface area (Å²) in [5, 5.41) is 7.78. The Labute approximate surface area is 200 Å². The first-order valence-electron chi connectivity index (χ1n) is 11.7. The highest BCUT2D eigenvalue weighted by molar-refractivity contribution is 6.25. The molecule has 0 N–H and O–H groups in total. The van der Waals surface area contributed by atoms with Gasteiger partial charge in [-0.05, 0) is 66.7 Å². The van der Waals surface area contributed by atoms with Gasteiger partial charge in [-0.3, -0.25) is 0 Å². The van der Waals surface area contributed by atoms with Gasteiger partial charge in [0.15, 0.2) is 0 Å². The molecular formula is C34H24. The molecule has 0 saturated carbocycles. The lowest BCUT2D eigenvalue weighted by atomic mass is 9.92. The Balaban J connectivity index is 1.49. The molecule has 160 valence electrons. The standard InChI is InChI=1S/C34H24/c1-3-9-25(10-4-1)15-17-27-19-21-31-32-22-20-28(18-16-26-11-5-2-6-12-26)24-34(32)30-14-8-7-13-29(30)33(31)23-27/h1-24H/b17-15+,18-16+. The van der Waals surface area contributed by atoms with Gasteiger partial charge in [0, 0.05) is 0 Å². The van der Waals surface area contributed by atoms with Crippen LogP contribution < -0.4 is 0 Å². The second-order valence-electron chi connectivity index (χ2n) is 8.64. The second-order valence-corrected chi connectivity index (χ2v) is 8.64. The zero-order valence-corrected chi connectivity index (χ0v) is 18.9. The van der Waals surface area contributed by atoms with Crippen molar-refractivity contribution in [2.24, 2.45) is 0 Å². The van der Waals surface area contributed by atoms with Gasteiger partial charge in [0.1, 0.15) is 0 Å². The van der Waals surface area contributed by atoms with Gasteiger partial charge in [-0.25, -0.2) is 0 Å². The van der Waals surface area contributed by atoms with Gasteiger partial charge in [0.2, 0.25) is 0 Å². The van der Waals surface area contributed by atoms with Gasteiger partial charge < -0.3 is 0 Å². The fourth-order valence-electron chi connectivity index (χ4n) is 4.71. The number of benzene rings is 6. The first-order valence-corrected chi connectivity index (χ1v) is 11.7. The van der Waals surface area contributed by atoms with Crippen LogP contribution >= 0.6 is 0 Å². The lowest BCUT2D eigenvalue weighted by molar-refractivity contribution is 1.66. The molecule has 0 unspecified atom stereocenters. The Kier molecular flexibility index (Phi) is 5.26. The summed E-state index contributed by atoms with van der Waals surface area (Å²) >= 11 is 0. The van der Waals surface area contributed by atoms with Crippen molar-refractivity contribution < 1.29 is 0 Å². The van der Waals surface area contributed by atoms with Gasteiger partial charge >= 0.3 is 0 Å². The number of rotatable bonds is 4. The van der Waals surface area contributed by atoms with E-state index in [-0.39, 0.29) is 0 Å². The van der Waals surface area contributed by atoms with E-state index in [0.29, 0.717) is 0 Å². The third kappa shape index (κ3) is 3.91. The number of hydrogen-bond donors (Lipinski definition) is 0. The van der Waals surface area contributed by atoms with Gasteiger partial charge in [0.05, 0.1) is 0 Å². The predicted molar refractivity (Wildman–Crippen MR) is 150 cm³/mol. The summed E-state index contributed by atoms with van der Waals surface area (Å²) < 4.78 is 0. The maximum atomic E-state index is 2.32. The van der Waals surface area contributed by atoms with E-state index in [1.54, 1.807) is 0 Å². The lowest BCUT2D eigenvalue weighted by Crippen LogP contribution is -1.85. The maximum absolute atomic E-state index is 2.32.